The lowest BCUT2D eigenvalue weighted by atomic mass is 10.1. The van der Waals surface area contributed by atoms with Gasteiger partial charge in [0, 0.05) is 18.1 Å². The zero-order chi connectivity index (χ0) is 24.8. The largest absolute Gasteiger partial charge is 0.494 e. The van der Waals surface area contributed by atoms with Crippen LogP contribution in [0.15, 0.2) is 36.4 Å². The number of aromatic nitrogens is 2. The fraction of sp³-hybridized carbons (Fsp3) is 0.560. The molecule has 0 amide bonds. The lowest BCUT2D eigenvalue weighted by molar-refractivity contribution is -0.227. The Labute approximate surface area is 198 Å². The SMILES string of the molecule is CCCCCCOc1ccc(-c2ccc(OCC(OC(=O)CCCCC)C(F)(F)F)nn2)cc1. The summed E-state index contributed by atoms with van der Waals surface area (Å²) in [6.07, 6.45) is -0.553. The smallest absolute Gasteiger partial charge is 0.428 e. The Bertz CT molecular complexity index is 843. The molecule has 1 unspecified atom stereocenters. The second-order valence-electron chi connectivity index (χ2n) is 7.98. The van der Waals surface area contributed by atoms with Crippen LogP contribution in [-0.4, -0.2) is 41.7 Å². The molecule has 0 N–H and O–H groups in total. The van der Waals surface area contributed by atoms with Crippen molar-refractivity contribution in [1.29, 1.82) is 0 Å². The number of hydrogen-bond acceptors (Lipinski definition) is 6. The second kappa shape index (κ2) is 14.4. The average molecular weight is 483 g/mol. The van der Waals surface area contributed by atoms with Gasteiger partial charge in [-0.3, -0.25) is 4.79 Å². The number of unbranched alkanes of at least 4 members (excludes halogenated alkanes) is 5. The van der Waals surface area contributed by atoms with E-state index in [0.29, 0.717) is 18.7 Å². The summed E-state index contributed by atoms with van der Waals surface area (Å²) >= 11 is 0. The van der Waals surface area contributed by atoms with E-state index in [9.17, 15) is 18.0 Å². The zero-order valence-corrected chi connectivity index (χ0v) is 19.8. The minimum atomic E-state index is -4.74. The Morgan fingerprint density at radius 3 is 2.21 bits per heavy atom. The molecule has 0 aliphatic carbocycles. The third-order valence-corrected chi connectivity index (χ3v) is 5.06. The van der Waals surface area contributed by atoms with Crippen LogP contribution >= 0.6 is 0 Å². The van der Waals surface area contributed by atoms with Crippen molar-refractivity contribution in [3.05, 3.63) is 36.4 Å². The maximum atomic E-state index is 13.2. The molecule has 2 aromatic rings. The number of benzene rings is 1. The van der Waals surface area contributed by atoms with Gasteiger partial charge in [-0.2, -0.15) is 13.2 Å². The standard InChI is InChI=1S/C25H33F3N2O4/c1-3-5-7-9-17-32-20-13-11-19(12-14-20)21-15-16-23(30-29-21)33-18-22(25(26,27)28)34-24(31)10-8-6-4-2/h11-16,22H,3-10,17-18H2,1-2H3. The number of ether oxygens (including phenoxy) is 3. The molecule has 1 aromatic heterocycles. The lowest BCUT2D eigenvalue weighted by Crippen LogP contribution is -2.38. The van der Waals surface area contributed by atoms with Gasteiger partial charge in [-0.1, -0.05) is 46.0 Å². The van der Waals surface area contributed by atoms with Crippen LogP contribution in [0.5, 0.6) is 11.6 Å². The number of esters is 1. The molecule has 188 valence electrons. The molecule has 0 radical (unpaired) electrons. The molecule has 0 saturated heterocycles. The molecule has 2 rings (SSSR count). The van der Waals surface area contributed by atoms with Crippen molar-refractivity contribution in [2.45, 2.75) is 77.5 Å². The Morgan fingerprint density at radius 2 is 1.59 bits per heavy atom. The van der Waals surface area contributed by atoms with E-state index in [4.69, 9.17) is 9.47 Å². The van der Waals surface area contributed by atoms with Crippen molar-refractivity contribution < 1.29 is 32.2 Å². The van der Waals surface area contributed by atoms with Gasteiger partial charge in [-0.05, 0) is 43.2 Å². The maximum Gasteiger partial charge on any atom is 0.428 e. The van der Waals surface area contributed by atoms with Gasteiger partial charge in [0.15, 0.2) is 0 Å². The van der Waals surface area contributed by atoms with Crippen LogP contribution in [0, 0.1) is 0 Å². The van der Waals surface area contributed by atoms with Crippen LogP contribution in [0.1, 0.15) is 65.2 Å². The molecule has 1 heterocycles. The number of nitrogens with zero attached hydrogens (tertiary/aromatic N) is 2. The number of carbonyl (C=O) groups is 1. The van der Waals surface area contributed by atoms with Crippen molar-refractivity contribution in [2.75, 3.05) is 13.2 Å². The second-order valence-corrected chi connectivity index (χ2v) is 7.98. The molecule has 0 saturated carbocycles. The van der Waals surface area contributed by atoms with Gasteiger partial charge in [0.2, 0.25) is 12.0 Å². The van der Waals surface area contributed by atoms with E-state index in [1.165, 1.54) is 18.9 Å². The minimum absolute atomic E-state index is 0.0579. The number of halogens is 3. The third kappa shape index (κ3) is 9.97. The average Bonchev–Trinajstić information content (AvgIpc) is 2.82. The monoisotopic (exact) mass is 482 g/mol. The van der Waals surface area contributed by atoms with Gasteiger partial charge in [0.25, 0.3) is 0 Å². The predicted molar refractivity (Wildman–Crippen MR) is 123 cm³/mol. The van der Waals surface area contributed by atoms with E-state index >= 15 is 0 Å². The van der Waals surface area contributed by atoms with Gasteiger partial charge in [0.1, 0.15) is 12.4 Å². The highest BCUT2D eigenvalue weighted by molar-refractivity contribution is 5.69. The molecule has 34 heavy (non-hydrogen) atoms. The topological polar surface area (TPSA) is 70.5 Å². The predicted octanol–water partition coefficient (Wildman–Crippen LogP) is 6.54. The van der Waals surface area contributed by atoms with Gasteiger partial charge in [-0.15, -0.1) is 10.2 Å². The molecule has 1 aromatic carbocycles. The highest BCUT2D eigenvalue weighted by Gasteiger charge is 2.43. The van der Waals surface area contributed by atoms with E-state index in [1.807, 2.05) is 31.2 Å². The molecule has 0 bridgehead atoms. The van der Waals surface area contributed by atoms with Crippen molar-refractivity contribution >= 4 is 5.97 Å². The number of carbonyl (C=O) groups excluding carboxylic acids is 1. The summed E-state index contributed by atoms with van der Waals surface area (Å²) < 4.78 is 55.1. The van der Waals surface area contributed by atoms with E-state index < -0.39 is 24.9 Å². The normalized spacial score (nSPS) is 12.3. The van der Waals surface area contributed by atoms with Gasteiger partial charge in [0.05, 0.1) is 12.3 Å². The summed E-state index contributed by atoms with van der Waals surface area (Å²) in [5.41, 5.74) is 1.32. The highest BCUT2D eigenvalue weighted by atomic mass is 19.4. The number of hydrogen-bond donors (Lipinski definition) is 0. The van der Waals surface area contributed by atoms with Crippen molar-refractivity contribution in [3.63, 3.8) is 0 Å². The lowest BCUT2D eigenvalue weighted by Gasteiger charge is -2.20. The van der Waals surface area contributed by atoms with E-state index in [1.54, 1.807) is 6.07 Å². The quantitative estimate of drug-likeness (QED) is 0.212. The van der Waals surface area contributed by atoms with Crippen LogP contribution in [0.25, 0.3) is 11.3 Å². The summed E-state index contributed by atoms with van der Waals surface area (Å²) in [7, 11) is 0. The first-order valence-electron chi connectivity index (χ1n) is 11.8. The Kier molecular flexibility index (Phi) is 11.6. The van der Waals surface area contributed by atoms with E-state index in [-0.39, 0.29) is 12.3 Å². The van der Waals surface area contributed by atoms with E-state index in [2.05, 4.69) is 21.9 Å². The van der Waals surface area contributed by atoms with Crippen LogP contribution in [0.4, 0.5) is 13.2 Å². The maximum absolute atomic E-state index is 13.2. The molecular formula is C25H33F3N2O4. The molecule has 0 spiro atoms. The molecule has 0 aliphatic rings. The van der Waals surface area contributed by atoms with Crippen LogP contribution in [-0.2, 0) is 9.53 Å². The van der Waals surface area contributed by atoms with Crippen molar-refractivity contribution in [1.82, 2.24) is 10.2 Å². The van der Waals surface area contributed by atoms with Gasteiger partial charge < -0.3 is 14.2 Å². The summed E-state index contributed by atoms with van der Waals surface area (Å²) in [5, 5.41) is 7.86. The van der Waals surface area contributed by atoms with E-state index in [0.717, 1.165) is 37.0 Å². The van der Waals surface area contributed by atoms with Crippen molar-refractivity contribution in [2.24, 2.45) is 0 Å². The zero-order valence-electron chi connectivity index (χ0n) is 19.8. The highest BCUT2D eigenvalue weighted by Crippen LogP contribution is 2.25. The number of rotatable bonds is 15. The molecule has 9 heteroatoms. The summed E-state index contributed by atoms with van der Waals surface area (Å²) in [4.78, 5) is 11.7. The van der Waals surface area contributed by atoms with Crippen LogP contribution in [0.3, 0.4) is 0 Å². The Balaban J connectivity index is 1.87. The first kappa shape index (κ1) is 27.4. The summed E-state index contributed by atoms with van der Waals surface area (Å²) in [5.74, 6) is -0.225. The fourth-order valence-electron chi connectivity index (χ4n) is 3.09. The van der Waals surface area contributed by atoms with Crippen LogP contribution in [0.2, 0.25) is 0 Å². The van der Waals surface area contributed by atoms with Gasteiger partial charge in [-0.25, -0.2) is 0 Å². The van der Waals surface area contributed by atoms with Crippen LogP contribution < -0.4 is 9.47 Å². The molecule has 6 nitrogen and oxygen atoms in total. The third-order valence-electron chi connectivity index (χ3n) is 5.06. The van der Waals surface area contributed by atoms with Crippen molar-refractivity contribution in [3.8, 4) is 22.9 Å². The summed E-state index contributed by atoms with van der Waals surface area (Å²) in [6, 6.07) is 10.4. The number of alkyl halides is 3. The minimum Gasteiger partial charge on any atom is -0.494 e. The molecule has 0 fully saturated rings. The molecule has 1 atom stereocenters. The Hall–Kier alpha value is -2.84. The fourth-order valence-corrected chi connectivity index (χ4v) is 3.09. The Morgan fingerprint density at radius 1 is 0.882 bits per heavy atom. The molecular weight excluding hydrogens is 449 g/mol. The first-order valence-corrected chi connectivity index (χ1v) is 11.8. The first-order chi connectivity index (χ1) is 16.3. The van der Waals surface area contributed by atoms with Gasteiger partial charge >= 0.3 is 12.1 Å². The summed E-state index contributed by atoms with van der Waals surface area (Å²) in [6.45, 7) is 3.87. The molecule has 0 aliphatic heterocycles.